The van der Waals surface area contributed by atoms with Gasteiger partial charge in [0.1, 0.15) is 11.9 Å². The van der Waals surface area contributed by atoms with E-state index in [0.29, 0.717) is 5.56 Å². The molecule has 0 radical (unpaired) electrons. The molecule has 2 aliphatic heterocycles. The van der Waals surface area contributed by atoms with Crippen molar-refractivity contribution in [3.8, 4) is 6.07 Å². The molecule has 6 heteroatoms. The average molecular weight is 316 g/mol. The SMILES string of the molecule is N#Cc1ccc(N2CCN(CCOC3CCCCO3)CC2)nc1. The van der Waals surface area contributed by atoms with E-state index in [1.54, 1.807) is 6.20 Å². The Bertz CT molecular complexity index is 514. The summed E-state index contributed by atoms with van der Waals surface area (Å²) in [4.78, 5) is 9.05. The van der Waals surface area contributed by atoms with E-state index in [1.807, 2.05) is 12.1 Å². The number of aromatic nitrogens is 1. The Morgan fingerprint density at radius 1 is 1.26 bits per heavy atom. The average Bonchev–Trinajstić information content (AvgIpc) is 2.63. The lowest BCUT2D eigenvalue weighted by molar-refractivity contribution is -0.164. The van der Waals surface area contributed by atoms with Gasteiger partial charge >= 0.3 is 0 Å². The zero-order chi connectivity index (χ0) is 15.9. The van der Waals surface area contributed by atoms with Gasteiger partial charge < -0.3 is 14.4 Å². The van der Waals surface area contributed by atoms with Crippen LogP contribution in [0.1, 0.15) is 24.8 Å². The van der Waals surface area contributed by atoms with E-state index in [4.69, 9.17) is 14.7 Å². The Kier molecular flexibility index (Phi) is 5.81. The van der Waals surface area contributed by atoms with Crippen LogP contribution in [0.5, 0.6) is 0 Å². The van der Waals surface area contributed by atoms with Crippen LogP contribution in [0.2, 0.25) is 0 Å². The lowest BCUT2D eigenvalue weighted by Crippen LogP contribution is -2.47. The quantitative estimate of drug-likeness (QED) is 0.822. The van der Waals surface area contributed by atoms with Crippen LogP contribution in [-0.2, 0) is 9.47 Å². The van der Waals surface area contributed by atoms with Crippen LogP contribution in [-0.4, -0.2) is 62.1 Å². The van der Waals surface area contributed by atoms with Crippen LogP contribution in [0.3, 0.4) is 0 Å². The molecular weight excluding hydrogens is 292 g/mol. The molecule has 0 aromatic carbocycles. The van der Waals surface area contributed by atoms with E-state index in [2.05, 4.69) is 20.9 Å². The third-order valence-electron chi connectivity index (χ3n) is 4.42. The molecule has 0 amide bonds. The fraction of sp³-hybridized carbons (Fsp3) is 0.647. The highest BCUT2D eigenvalue weighted by molar-refractivity contribution is 5.42. The van der Waals surface area contributed by atoms with Crippen LogP contribution >= 0.6 is 0 Å². The first-order valence-corrected chi connectivity index (χ1v) is 8.42. The van der Waals surface area contributed by atoms with Crippen LogP contribution in [0, 0.1) is 11.3 Å². The molecular formula is C17H24N4O2. The summed E-state index contributed by atoms with van der Waals surface area (Å²) in [6, 6.07) is 5.86. The van der Waals surface area contributed by atoms with Gasteiger partial charge in [0.15, 0.2) is 6.29 Å². The van der Waals surface area contributed by atoms with Gasteiger partial charge in [0, 0.05) is 45.5 Å². The summed E-state index contributed by atoms with van der Waals surface area (Å²) < 4.78 is 11.4. The summed E-state index contributed by atoms with van der Waals surface area (Å²) in [6.45, 7) is 6.46. The standard InChI is InChI=1S/C17H24N4O2/c18-13-15-4-5-16(19-14-15)21-8-6-20(7-9-21)10-12-23-17-3-1-2-11-22-17/h4-5,14,17H,1-3,6-12H2. The lowest BCUT2D eigenvalue weighted by Gasteiger charge is -2.35. The Balaban J connectivity index is 1.37. The van der Waals surface area contributed by atoms with E-state index < -0.39 is 0 Å². The van der Waals surface area contributed by atoms with Gasteiger partial charge in [-0.2, -0.15) is 5.26 Å². The van der Waals surface area contributed by atoms with E-state index in [1.165, 1.54) is 6.42 Å². The second kappa shape index (κ2) is 8.25. The normalized spacial score (nSPS) is 22.7. The van der Waals surface area contributed by atoms with Crippen molar-refractivity contribution in [1.29, 1.82) is 5.26 Å². The monoisotopic (exact) mass is 316 g/mol. The number of rotatable bonds is 5. The van der Waals surface area contributed by atoms with Crippen LogP contribution in [0.4, 0.5) is 5.82 Å². The number of ether oxygens (including phenoxy) is 2. The summed E-state index contributed by atoms with van der Waals surface area (Å²) in [5, 5.41) is 8.82. The molecule has 3 rings (SSSR count). The summed E-state index contributed by atoms with van der Waals surface area (Å²) in [5.74, 6) is 0.954. The zero-order valence-electron chi connectivity index (χ0n) is 13.5. The van der Waals surface area contributed by atoms with Gasteiger partial charge in [0.2, 0.25) is 0 Å². The second-order valence-corrected chi connectivity index (χ2v) is 6.01. The molecule has 1 atom stereocenters. The summed E-state index contributed by atoms with van der Waals surface area (Å²) in [7, 11) is 0. The van der Waals surface area contributed by atoms with Gasteiger partial charge in [0.05, 0.1) is 12.2 Å². The van der Waals surface area contributed by atoms with Crippen molar-refractivity contribution in [2.75, 3.05) is 50.8 Å². The largest absolute Gasteiger partial charge is 0.354 e. The molecule has 0 saturated carbocycles. The first-order chi connectivity index (χ1) is 11.3. The highest BCUT2D eigenvalue weighted by Crippen LogP contribution is 2.15. The molecule has 1 unspecified atom stereocenters. The smallest absolute Gasteiger partial charge is 0.157 e. The molecule has 0 bridgehead atoms. The van der Waals surface area contributed by atoms with Gasteiger partial charge in [0.25, 0.3) is 0 Å². The number of hydrogen-bond donors (Lipinski definition) is 0. The Morgan fingerprint density at radius 2 is 2.13 bits per heavy atom. The van der Waals surface area contributed by atoms with Crippen molar-refractivity contribution in [2.24, 2.45) is 0 Å². The minimum Gasteiger partial charge on any atom is -0.354 e. The van der Waals surface area contributed by atoms with E-state index >= 15 is 0 Å². The number of hydrogen-bond acceptors (Lipinski definition) is 6. The second-order valence-electron chi connectivity index (χ2n) is 6.01. The molecule has 124 valence electrons. The molecule has 23 heavy (non-hydrogen) atoms. The van der Waals surface area contributed by atoms with Gasteiger partial charge in [-0.3, -0.25) is 4.90 Å². The number of nitriles is 1. The fourth-order valence-corrected chi connectivity index (χ4v) is 3.00. The maximum atomic E-state index is 8.82. The van der Waals surface area contributed by atoms with Crippen molar-refractivity contribution in [3.63, 3.8) is 0 Å². The van der Waals surface area contributed by atoms with Crippen molar-refractivity contribution in [1.82, 2.24) is 9.88 Å². The Hall–Kier alpha value is -1.68. The molecule has 1 aromatic rings. The lowest BCUT2D eigenvalue weighted by atomic mass is 10.2. The molecule has 0 aliphatic carbocycles. The van der Waals surface area contributed by atoms with Crippen molar-refractivity contribution in [2.45, 2.75) is 25.6 Å². The highest BCUT2D eigenvalue weighted by Gasteiger charge is 2.19. The topological polar surface area (TPSA) is 61.6 Å². The molecule has 3 heterocycles. The molecule has 0 spiro atoms. The number of piperazine rings is 1. The van der Waals surface area contributed by atoms with E-state index in [-0.39, 0.29) is 6.29 Å². The van der Waals surface area contributed by atoms with E-state index in [0.717, 1.165) is 64.6 Å². The first kappa shape index (κ1) is 16.2. The Labute approximate surface area is 137 Å². The minimum absolute atomic E-state index is 0.00730. The van der Waals surface area contributed by atoms with Crippen LogP contribution in [0.15, 0.2) is 18.3 Å². The number of nitrogens with zero attached hydrogens (tertiary/aromatic N) is 4. The predicted molar refractivity (Wildman–Crippen MR) is 87.1 cm³/mol. The highest BCUT2D eigenvalue weighted by atomic mass is 16.7. The summed E-state index contributed by atoms with van der Waals surface area (Å²) in [6.07, 6.45) is 5.04. The summed E-state index contributed by atoms with van der Waals surface area (Å²) in [5.41, 5.74) is 0.606. The maximum Gasteiger partial charge on any atom is 0.157 e. The molecule has 0 N–H and O–H groups in total. The van der Waals surface area contributed by atoms with Gasteiger partial charge in [-0.25, -0.2) is 4.98 Å². The van der Waals surface area contributed by atoms with E-state index in [9.17, 15) is 0 Å². The zero-order valence-corrected chi connectivity index (χ0v) is 13.5. The number of anilines is 1. The van der Waals surface area contributed by atoms with Crippen LogP contribution in [0.25, 0.3) is 0 Å². The summed E-state index contributed by atoms with van der Waals surface area (Å²) >= 11 is 0. The third kappa shape index (κ3) is 4.64. The maximum absolute atomic E-state index is 8.82. The predicted octanol–water partition coefficient (Wildman–Crippen LogP) is 1.62. The first-order valence-electron chi connectivity index (χ1n) is 8.42. The van der Waals surface area contributed by atoms with Crippen molar-refractivity contribution in [3.05, 3.63) is 23.9 Å². The fourth-order valence-electron chi connectivity index (χ4n) is 3.00. The van der Waals surface area contributed by atoms with Crippen molar-refractivity contribution >= 4 is 5.82 Å². The van der Waals surface area contributed by atoms with Gasteiger partial charge in [-0.1, -0.05) is 0 Å². The molecule has 2 saturated heterocycles. The molecule has 6 nitrogen and oxygen atoms in total. The van der Waals surface area contributed by atoms with Gasteiger partial charge in [-0.15, -0.1) is 0 Å². The molecule has 2 aliphatic rings. The van der Waals surface area contributed by atoms with Crippen LogP contribution < -0.4 is 4.90 Å². The molecule has 1 aromatic heterocycles. The Morgan fingerprint density at radius 3 is 2.78 bits per heavy atom. The third-order valence-corrected chi connectivity index (χ3v) is 4.42. The minimum atomic E-state index is 0.00730. The van der Waals surface area contributed by atoms with Crippen molar-refractivity contribution < 1.29 is 9.47 Å². The molecule has 2 fully saturated rings. The number of pyridine rings is 1. The van der Waals surface area contributed by atoms with Gasteiger partial charge in [-0.05, 0) is 31.4 Å².